The second kappa shape index (κ2) is 6.83. The lowest BCUT2D eigenvalue weighted by atomic mass is 9.84. The van der Waals surface area contributed by atoms with Crippen molar-refractivity contribution in [3.8, 4) is 0 Å². The lowest BCUT2D eigenvalue weighted by Gasteiger charge is -2.31. The highest BCUT2D eigenvalue weighted by Gasteiger charge is 2.71. The molecule has 0 radical (unpaired) electrons. The van der Waals surface area contributed by atoms with Gasteiger partial charge in [0.1, 0.15) is 23.3 Å². The zero-order valence-electron chi connectivity index (χ0n) is 16.5. The van der Waals surface area contributed by atoms with Gasteiger partial charge in [-0.05, 0) is 30.5 Å². The first-order chi connectivity index (χ1) is 15.1. The molecule has 4 aliphatic heterocycles. The van der Waals surface area contributed by atoms with Crippen LogP contribution in [0.15, 0.2) is 52.0 Å². The van der Waals surface area contributed by atoms with Crippen LogP contribution < -0.4 is 10.4 Å². The number of nitrogens with one attached hydrogen (secondary N) is 1. The average molecular weight is 455 g/mol. The maximum Gasteiger partial charge on any atom is 0.356 e. The van der Waals surface area contributed by atoms with Gasteiger partial charge in [0, 0.05) is 4.88 Å². The fourth-order valence-electron chi connectivity index (χ4n) is 4.58. The molecule has 2 fully saturated rings. The molecule has 158 valence electrons. The molecule has 0 unspecified atom stereocenters. The average Bonchev–Trinajstić information content (AvgIpc) is 3.54. The van der Waals surface area contributed by atoms with E-state index in [4.69, 9.17) is 9.47 Å². The van der Waals surface area contributed by atoms with Crippen LogP contribution in [0.4, 0.5) is 5.69 Å². The molecule has 0 bridgehead atoms. The molecule has 10 heteroatoms. The van der Waals surface area contributed by atoms with Gasteiger partial charge in [-0.2, -0.15) is 10.2 Å². The van der Waals surface area contributed by atoms with Crippen molar-refractivity contribution in [3.63, 3.8) is 0 Å². The normalized spacial score (nSPS) is 30.2. The fourth-order valence-corrected chi connectivity index (χ4v) is 6.93. The largest absolute Gasteiger partial charge is 0.459 e. The summed E-state index contributed by atoms with van der Waals surface area (Å²) in [5.41, 5.74) is 5.82. The molecule has 31 heavy (non-hydrogen) atoms. The van der Waals surface area contributed by atoms with E-state index >= 15 is 0 Å². The van der Waals surface area contributed by atoms with Crippen LogP contribution in [0.2, 0.25) is 0 Å². The first-order valence-electron chi connectivity index (χ1n) is 9.89. The van der Waals surface area contributed by atoms with Crippen molar-refractivity contribution < 1.29 is 19.1 Å². The number of thioether (sulfide) groups is 1. The Balaban J connectivity index is 1.34. The van der Waals surface area contributed by atoms with E-state index in [9.17, 15) is 9.59 Å². The van der Waals surface area contributed by atoms with E-state index in [0.717, 1.165) is 16.1 Å². The summed E-state index contributed by atoms with van der Waals surface area (Å²) in [7, 11) is 0. The molecule has 1 N–H and O–H groups in total. The zero-order valence-corrected chi connectivity index (χ0v) is 18.1. The van der Waals surface area contributed by atoms with Crippen molar-refractivity contribution in [1.82, 2.24) is 5.43 Å². The standard InChI is InChI=1S/C21H18N4O4S2/c1-11-4-6-12(7-5-11)25-17-14-15(19(26)28-9-13-3-2-8-30-13)22-23-18(14)31-21(17)10-29-20(27)16(21)24-25/h2-8,14,17-18,23H,9-10H2,1H3/t14-,17-,18+,21-/m1/s1. The van der Waals surface area contributed by atoms with Crippen molar-refractivity contribution in [1.29, 1.82) is 0 Å². The lowest BCUT2D eigenvalue weighted by Crippen LogP contribution is -2.50. The van der Waals surface area contributed by atoms with Crippen molar-refractivity contribution in [2.24, 2.45) is 16.1 Å². The number of anilines is 1. The van der Waals surface area contributed by atoms with Gasteiger partial charge >= 0.3 is 11.9 Å². The molecule has 0 aliphatic carbocycles. The Labute approximate surface area is 186 Å². The Kier molecular flexibility index (Phi) is 4.16. The zero-order chi connectivity index (χ0) is 21.2. The molecule has 1 aromatic heterocycles. The molecule has 8 nitrogen and oxygen atoms in total. The van der Waals surface area contributed by atoms with E-state index in [2.05, 4.69) is 15.6 Å². The number of cyclic esters (lactones) is 1. The van der Waals surface area contributed by atoms with Gasteiger partial charge in [-0.1, -0.05) is 23.8 Å². The summed E-state index contributed by atoms with van der Waals surface area (Å²) in [5.74, 6) is -1.14. The van der Waals surface area contributed by atoms with Gasteiger partial charge in [0.2, 0.25) is 0 Å². The number of hydrogen-bond donors (Lipinski definition) is 1. The second-order valence-electron chi connectivity index (χ2n) is 7.89. The maximum absolute atomic E-state index is 13.0. The molecule has 4 aliphatic rings. The van der Waals surface area contributed by atoms with Crippen LogP contribution in [0, 0.1) is 12.8 Å². The van der Waals surface area contributed by atoms with Gasteiger partial charge in [0.05, 0.1) is 17.6 Å². The number of carbonyl (C=O) groups excluding carboxylic acids is 2. The summed E-state index contributed by atoms with van der Waals surface area (Å²) in [5, 5.41) is 12.6. The molecule has 0 saturated carbocycles. The molecule has 2 saturated heterocycles. The van der Waals surface area contributed by atoms with E-state index in [-0.39, 0.29) is 30.5 Å². The molecule has 0 amide bonds. The van der Waals surface area contributed by atoms with Crippen molar-refractivity contribution >= 4 is 52.1 Å². The van der Waals surface area contributed by atoms with Gasteiger partial charge < -0.3 is 9.47 Å². The molecule has 6 rings (SSSR count). The van der Waals surface area contributed by atoms with E-state index in [1.165, 1.54) is 11.3 Å². The molecular weight excluding hydrogens is 436 g/mol. The predicted octanol–water partition coefficient (Wildman–Crippen LogP) is 2.29. The number of ether oxygens (including phenoxy) is 2. The van der Waals surface area contributed by atoms with Crippen LogP contribution >= 0.6 is 23.1 Å². The van der Waals surface area contributed by atoms with Gasteiger partial charge in [0.15, 0.2) is 11.4 Å². The number of carbonyl (C=O) groups is 2. The Morgan fingerprint density at radius 1 is 1.35 bits per heavy atom. The van der Waals surface area contributed by atoms with Crippen LogP contribution in [0.1, 0.15) is 10.4 Å². The third kappa shape index (κ3) is 2.74. The summed E-state index contributed by atoms with van der Waals surface area (Å²) in [6.07, 6.45) is 0. The predicted molar refractivity (Wildman–Crippen MR) is 118 cm³/mol. The minimum absolute atomic E-state index is 0.165. The number of thiophene rings is 1. The number of benzene rings is 1. The number of fused-ring (bicyclic) bond motifs is 2. The van der Waals surface area contributed by atoms with Crippen molar-refractivity contribution in [2.75, 3.05) is 11.6 Å². The first kappa shape index (κ1) is 18.9. The number of hydrogen-bond acceptors (Lipinski definition) is 10. The summed E-state index contributed by atoms with van der Waals surface area (Å²) in [6, 6.07) is 11.5. The quantitative estimate of drug-likeness (QED) is 0.709. The topological polar surface area (TPSA) is 92.6 Å². The van der Waals surface area contributed by atoms with Crippen molar-refractivity contribution in [2.45, 2.75) is 29.7 Å². The fraction of sp³-hybridized carbons (Fsp3) is 0.333. The first-order valence-corrected chi connectivity index (χ1v) is 11.7. The highest BCUT2D eigenvalue weighted by molar-refractivity contribution is 8.02. The third-order valence-corrected chi connectivity index (χ3v) is 8.50. The van der Waals surface area contributed by atoms with Crippen LogP contribution in [-0.4, -0.2) is 46.1 Å². The van der Waals surface area contributed by atoms with Gasteiger partial charge in [-0.3, -0.25) is 10.4 Å². The smallest absolute Gasteiger partial charge is 0.356 e. The Morgan fingerprint density at radius 3 is 2.97 bits per heavy atom. The molecule has 2 aromatic rings. The van der Waals surface area contributed by atoms with Crippen molar-refractivity contribution in [3.05, 3.63) is 52.2 Å². The van der Waals surface area contributed by atoms with E-state index in [1.807, 2.05) is 53.7 Å². The monoisotopic (exact) mass is 454 g/mol. The second-order valence-corrected chi connectivity index (χ2v) is 10.4. The summed E-state index contributed by atoms with van der Waals surface area (Å²) < 4.78 is 10.3. The Bertz CT molecular complexity index is 1130. The van der Waals surface area contributed by atoms with Crippen LogP contribution in [0.25, 0.3) is 0 Å². The lowest BCUT2D eigenvalue weighted by molar-refractivity contribution is -0.137. The van der Waals surface area contributed by atoms with Crippen LogP contribution in [0.3, 0.4) is 0 Å². The minimum Gasteiger partial charge on any atom is -0.459 e. The molecule has 4 atom stereocenters. The van der Waals surface area contributed by atoms with E-state index in [0.29, 0.717) is 11.4 Å². The summed E-state index contributed by atoms with van der Waals surface area (Å²) in [6.45, 7) is 2.46. The number of esters is 2. The molecular formula is C21H18N4O4S2. The van der Waals surface area contributed by atoms with Gasteiger partial charge in [-0.15, -0.1) is 23.1 Å². The molecule has 5 heterocycles. The van der Waals surface area contributed by atoms with Gasteiger partial charge in [-0.25, -0.2) is 9.59 Å². The Morgan fingerprint density at radius 2 is 2.19 bits per heavy atom. The third-order valence-electron chi connectivity index (χ3n) is 6.03. The van der Waals surface area contributed by atoms with Crippen LogP contribution in [0.5, 0.6) is 0 Å². The Hall–Kier alpha value is -2.85. The van der Waals surface area contributed by atoms with Crippen LogP contribution in [-0.2, 0) is 25.7 Å². The summed E-state index contributed by atoms with van der Waals surface area (Å²) in [4.78, 5) is 26.4. The number of hydrazone groups is 2. The van der Waals surface area contributed by atoms with E-state index in [1.54, 1.807) is 11.8 Å². The number of nitrogens with zero attached hydrogens (tertiary/aromatic N) is 3. The maximum atomic E-state index is 13.0. The SMILES string of the molecule is Cc1ccc(N2N=C3C(=O)OC[C@@]34S[C@@H]3NN=C(C(=O)OCc5cccs5)[C@@H]3[C@@H]24)cc1. The number of rotatable bonds is 4. The summed E-state index contributed by atoms with van der Waals surface area (Å²) >= 11 is 3.10. The minimum atomic E-state index is -0.639. The number of aryl methyl sites for hydroxylation is 1. The highest BCUT2D eigenvalue weighted by Crippen LogP contribution is 2.57. The molecule has 1 spiro atoms. The van der Waals surface area contributed by atoms with E-state index < -0.39 is 16.7 Å². The van der Waals surface area contributed by atoms with Gasteiger partial charge in [0.25, 0.3) is 0 Å². The molecule has 1 aromatic carbocycles. The highest BCUT2D eigenvalue weighted by atomic mass is 32.2.